The minimum absolute atomic E-state index is 0. The van der Waals surface area contributed by atoms with E-state index in [0.717, 1.165) is 5.39 Å². The smallest absolute Gasteiger partial charge is 0.263 e. The molecule has 1 saturated carbocycles. The normalized spacial score (nSPS) is 20.8. The lowest BCUT2D eigenvalue weighted by atomic mass is 9.83. The van der Waals surface area contributed by atoms with Crippen LogP contribution in [0.5, 0.6) is 5.75 Å². The molecule has 3 heterocycles. The van der Waals surface area contributed by atoms with E-state index in [1.165, 1.54) is 0 Å². The molecule has 4 N–H and O–H groups in total. The number of nitriles is 1. The molecular weight excluding hydrogens is 484 g/mol. The van der Waals surface area contributed by atoms with Gasteiger partial charge in [0.2, 0.25) is 5.91 Å². The maximum absolute atomic E-state index is 13.0. The Morgan fingerprint density at radius 1 is 1.19 bits per heavy atom. The molecule has 3 aromatic rings. The number of carbonyl (C=O) groups is 2. The third-order valence-electron chi connectivity index (χ3n) is 6.36. The summed E-state index contributed by atoms with van der Waals surface area (Å²) < 4.78 is 5.32. The van der Waals surface area contributed by atoms with Crippen LogP contribution in [0.25, 0.3) is 10.9 Å². The Morgan fingerprint density at radius 3 is 2.86 bits per heavy atom. The van der Waals surface area contributed by atoms with Gasteiger partial charge in [-0.15, -0.1) is 12.4 Å². The zero-order valence-electron chi connectivity index (χ0n) is 19.2. The van der Waals surface area contributed by atoms with Gasteiger partial charge in [0.15, 0.2) is 18.2 Å². The van der Waals surface area contributed by atoms with Crippen LogP contribution < -0.4 is 20.7 Å². The predicted octanol–water partition coefficient (Wildman–Crippen LogP) is 2.51. The Balaban J connectivity index is 0.00000304. The summed E-state index contributed by atoms with van der Waals surface area (Å²) >= 11 is 0. The highest BCUT2D eigenvalue weighted by Gasteiger charge is 2.33. The van der Waals surface area contributed by atoms with E-state index in [1.807, 2.05) is 24.3 Å². The van der Waals surface area contributed by atoms with E-state index < -0.39 is 6.10 Å². The number of anilines is 2. The lowest BCUT2D eigenvalue weighted by Gasteiger charge is -2.33. The minimum Gasteiger partial charge on any atom is -0.480 e. The van der Waals surface area contributed by atoms with Crippen LogP contribution in [0.4, 0.5) is 11.5 Å². The summed E-state index contributed by atoms with van der Waals surface area (Å²) in [4.78, 5) is 33.2. The molecule has 2 aromatic heterocycles. The Morgan fingerprint density at radius 2 is 2.06 bits per heavy atom. The van der Waals surface area contributed by atoms with Crippen LogP contribution in [-0.4, -0.2) is 45.6 Å². The van der Waals surface area contributed by atoms with Gasteiger partial charge >= 0.3 is 0 Å². The van der Waals surface area contributed by atoms with Gasteiger partial charge in [-0.1, -0.05) is 12.1 Å². The summed E-state index contributed by atoms with van der Waals surface area (Å²) in [6.45, 7) is 0.387. The van der Waals surface area contributed by atoms with E-state index in [1.54, 1.807) is 24.3 Å². The molecule has 1 aliphatic heterocycles. The first kappa shape index (κ1) is 25.3. The highest BCUT2D eigenvalue weighted by molar-refractivity contribution is 6.01. The largest absolute Gasteiger partial charge is 0.480 e. The number of hydrogen-bond acceptors (Lipinski definition) is 8. The number of hydrogen-bond donors (Lipinski definition) is 4. The minimum atomic E-state index is -0.698. The van der Waals surface area contributed by atoms with Gasteiger partial charge in [-0.3, -0.25) is 9.59 Å². The average molecular weight is 509 g/mol. The number of aromatic nitrogens is 2. The number of nitrogens with zero attached hydrogens (tertiary/aromatic N) is 3. The van der Waals surface area contributed by atoms with Gasteiger partial charge in [0.1, 0.15) is 11.8 Å². The Kier molecular flexibility index (Phi) is 7.64. The van der Waals surface area contributed by atoms with Crippen LogP contribution in [0.1, 0.15) is 30.7 Å². The van der Waals surface area contributed by atoms with Gasteiger partial charge in [-0.2, -0.15) is 5.26 Å². The second-order valence-corrected chi connectivity index (χ2v) is 8.73. The highest BCUT2D eigenvalue weighted by Crippen LogP contribution is 2.29. The van der Waals surface area contributed by atoms with E-state index >= 15 is 0 Å². The van der Waals surface area contributed by atoms with Crippen molar-refractivity contribution < 1.29 is 19.4 Å². The number of pyridine rings is 2. The van der Waals surface area contributed by atoms with Crippen LogP contribution in [0.2, 0.25) is 0 Å². The molecule has 1 aliphatic carbocycles. The lowest BCUT2D eigenvalue weighted by molar-refractivity contribution is -0.122. The summed E-state index contributed by atoms with van der Waals surface area (Å²) in [5.74, 6) is 0.168. The average Bonchev–Trinajstić information content (AvgIpc) is 2.87. The molecule has 36 heavy (non-hydrogen) atoms. The van der Waals surface area contributed by atoms with Crippen LogP contribution in [-0.2, 0) is 16.1 Å². The summed E-state index contributed by atoms with van der Waals surface area (Å²) in [5.41, 5.74) is 2.11. The molecular formula is C25H25ClN6O4. The summed E-state index contributed by atoms with van der Waals surface area (Å²) in [6, 6.07) is 14.3. The molecule has 5 rings (SSSR count). The van der Waals surface area contributed by atoms with Crippen LogP contribution >= 0.6 is 12.4 Å². The van der Waals surface area contributed by atoms with Crippen molar-refractivity contribution in [2.45, 2.75) is 38.0 Å². The topological polar surface area (TPSA) is 149 Å². The molecule has 1 fully saturated rings. The third-order valence-corrected chi connectivity index (χ3v) is 6.36. The number of amides is 2. The molecule has 0 radical (unpaired) electrons. The van der Waals surface area contributed by atoms with Gasteiger partial charge in [0, 0.05) is 23.9 Å². The molecule has 3 atom stereocenters. The third kappa shape index (κ3) is 5.39. The Hall–Kier alpha value is -3.78. The van der Waals surface area contributed by atoms with Crippen molar-refractivity contribution in [2.24, 2.45) is 5.92 Å². The van der Waals surface area contributed by atoms with Crippen molar-refractivity contribution in [3.05, 3.63) is 53.9 Å². The molecule has 2 amide bonds. The predicted molar refractivity (Wildman–Crippen MR) is 135 cm³/mol. The zero-order chi connectivity index (χ0) is 24.4. The highest BCUT2D eigenvalue weighted by atomic mass is 35.5. The first-order valence-electron chi connectivity index (χ1n) is 11.4. The molecule has 0 spiro atoms. The van der Waals surface area contributed by atoms with Gasteiger partial charge in [0.25, 0.3) is 5.91 Å². The number of aliphatic hydroxyl groups excluding tert-OH is 1. The first-order chi connectivity index (χ1) is 17.0. The molecule has 2 aliphatic rings. The quantitative estimate of drug-likeness (QED) is 0.410. The number of benzene rings is 1. The maximum atomic E-state index is 13.0. The van der Waals surface area contributed by atoms with Crippen LogP contribution in [0.15, 0.2) is 42.5 Å². The molecule has 0 saturated heterocycles. The summed E-state index contributed by atoms with van der Waals surface area (Å²) in [6.07, 6.45) is 0.864. The Labute approximate surface area is 213 Å². The van der Waals surface area contributed by atoms with Crippen molar-refractivity contribution in [3.63, 3.8) is 0 Å². The van der Waals surface area contributed by atoms with Crippen molar-refractivity contribution in [2.75, 3.05) is 17.2 Å². The maximum Gasteiger partial charge on any atom is 0.263 e. The van der Waals surface area contributed by atoms with Gasteiger partial charge < -0.3 is 25.8 Å². The zero-order valence-corrected chi connectivity index (χ0v) is 20.0. The number of aliphatic hydroxyl groups is 1. The molecule has 1 aromatic carbocycles. The second kappa shape index (κ2) is 10.9. The fourth-order valence-electron chi connectivity index (χ4n) is 4.51. The number of fused-ring (bicyclic) bond motifs is 2. The molecule has 11 heteroatoms. The van der Waals surface area contributed by atoms with E-state index in [0.29, 0.717) is 54.3 Å². The lowest BCUT2D eigenvalue weighted by Crippen LogP contribution is -2.46. The van der Waals surface area contributed by atoms with E-state index in [2.05, 4.69) is 25.9 Å². The summed E-state index contributed by atoms with van der Waals surface area (Å²) in [7, 11) is 0. The number of carbonyl (C=O) groups excluding carboxylic acids is 2. The van der Waals surface area contributed by atoms with Crippen LogP contribution in [0, 0.1) is 17.2 Å². The molecule has 10 nitrogen and oxygen atoms in total. The monoisotopic (exact) mass is 508 g/mol. The van der Waals surface area contributed by atoms with E-state index in [9.17, 15) is 14.7 Å². The Bertz CT molecular complexity index is 1340. The molecule has 2 unspecified atom stereocenters. The fraction of sp³-hybridized carbons (Fsp3) is 0.320. The number of nitrogens with one attached hydrogen (secondary N) is 3. The SMILES string of the molecule is Cl.N#Cc1ccc2cccc(NC(=O)[C@@H]3CCC(NCc4ccc5c(n4)NC(=O)CO5)C(O)C3)c2n1. The van der Waals surface area contributed by atoms with E-state index in [-0.39, 0.29) is 48.5 Å². The first-order valence-corrected chi connectivity index (χ1v) is 11.4. The number of para-hydroxylation sites is 1. The van der Waals surface area contributed by atoms with Crippen LogP contribution in [0.3, 0.4) is 0 Å². The number of rotatable bonds is 5. The van der Waals surface area contributed by atoms with Crippen molar-refractivity contribution in [1.29, 1.82) is 5.26 Å². The second-order valence-electron chi connectivity index (χ2n) is 8.73. The van der Waals surface area contributed by atoms with E-state index in [4.69, 9.17) is 10.00 Å². The molecule has 186 valence electrons. The fourth-order valence-corrected chi connectivity index (χ4v) is 4.51. The van der Waals surface area contributed by atoms with Crippen molar-refractivity contribution in [1.82, 2.24) is 15.3 Å². The summed E-state index contributed by atoms with van der Waals surface area (Å²) in [5, 5.41) is 29.6. The van der Waals surface area contributed by atoms with Crippen molar-refractivity contribution >= 4 is 46.6 Å². The van der Waals surface area contributed by atoms with Gasteiger partial charge in [-0.05, 0) is 49.6 Å². The number of halogens is 1. The molecule has 0 bridgehead atoms. The van der Waals surface area contributed by atoms with Crippen molar-refractivity contribution in [3.8, 4) is 11.8 Å². The standard InChI is InChI=1S/C25H24N6O4.ClH/c26-11-16-6-4-14-2-1-3-19(23(14)28-16)30-25(34)15-5-8-18(20(32)10-15)27-12-17-7-9-21-24(29-17)31-22(33)13-35-21;/h1-4,6-7,9,15,18,20,27,32H,5,8,10,12-13H2,(H,30,34)(H,29,31,33);1H/t15-,18?,20?;/m1./s1. The van der Waals surface area contributed by atoms with Gasteiger partial charge in [-0.25, -0.2) is 9.97 Å². The number of ether oxygens (including phenoxy) is 1. The van der Waals surface area contributed by atoms with Gasteiger partial charge in [0.05, 0.1) is 23.0 Å².